The highest BCUT2D eigenvalue weighted by Gasteiger charge is 2.36. The van der Waals surface area contributed by atoms with Crippen LogP contribution in [0, 0.1) is 31.1 Å². The van der Waals surface area contributed by atoms with Gasteiger partial charge in [0.15, 0.2) is 8.32 Å². The lowest BCUT2D eigenvalue weighted by Crippen LogP contribution is -2.41. The lowest BCUT2D eigenvalue weighted by Gasteiger charge is -2.35. The van der Waals surface area contributed by atoms with Gasteiger partial charge in [-0.1, -0.05) is 78.2 Å². The van der Waals surface area contributed by atoms with E-state index in [1.807, 2.05) is 19.9 Å². The van der Waals surface area contributed by atoms with E-state index in [2.05, 4.69) is 67.6 Å². The second kappa shape index (κ2) is 11.5. The van der Waals surface area contributed by atoms with Gasteiger partial charge in [-0.15, -0.1) is 6.42 Å². The predicted molar refractivity (Wildman–Crippen MR) is 136 cm³/mol. The summed E-state index contributed by atoms with van der Waals surface area (Å²) in [5.74, 6) is 8.66. The van der Waals surface area contributed by atoms with Crippen molar-refractivity contribution < 1.29 is 12.8 Å². The molecule has 1 aromatic carbocycles. The van der Waals surface area contributed by atoms with Gasteiger partial charge in [-0.05, 0) is 44.1 Å². The Bertz CT molecular complexity index is 975. The zero-order valence-corrected chi connectivity index (χ0v) is 23.0. The van der Waals surface area contributed by atoms with E-state index in [0.717, 1.165) is 10.0 Å². The van der Waals surface area contributed by atoms with Crippen LogP contribution in [0.15, 0.2) is 39.7 Å². The Hall–Kier alpha value is -1.35. The van der Waals surface area contributed by atoms with Crippen LogP contribution in [0.25, 0.3) is 0 Å². The second-order valence-electron chi connectivity index (χ2n) is 8.89. The van der Waals surface area contributed by atoms with Gasteiger partial charge >= 0.3 is 0 Å². The number of terminal acetylenes is 1. The first-order chi connectivity index (χ1) is 14.3. The Balaban J connectivity index is 3.08. The zero-order chi connectivity index (χ0) is 23.9. The van der Waals surface area contributed by atoms with Crippen LogP contribution in [0.1, 0.15) is 39.7 Å². The molecule has 0 N–H and O–H groups in total. The number of aryl methyl sites for hydroxylation is 1. The Kier molecular flexibility index (Phi) is 10.3. The molecular formula is C24H34BrNO3SSi. The van der Waals surface area contributed by atoms with Crippen molar-refractivity contribution in [2.45, 2.75) is 70.1 Å². The van der Waals surface area contributed by atoms with Crippen LogP contribution < -0.4 is 0 Å². The molecule has 7 heteroatoms. The average Bonchev–Trinajstić information content (AvgIpc) is 2.68. The van der Waals surface area contributed by atoms with Gasteiger partial charge in [-0.3, -0.25) is 0 Å². The third kappa shape index (κ3) is 7.93. The maximum Gasteiger partial charge on any atom is 0.244 e. The molecule has 0 radical (unpaired) electrons. The fraction of sp³-hybridized carbons (Fsp3) is 0.500. The van der Waals surface area contributed by atoms with Crippen LogP contribution in [-0.4, -0.2) is 40.2 Å². The van der Waals surface area contributed by atoms with Crippen molar-refractivity contribution in [3.8, 4) is 24.2 Å². The molecule has 0 saturated carbocycles. The van der Waals surface area contributed by atoms with Crippen molar-refractivity contribution in [3.05, 3.63) is 40.4 Å². The van der Waals surface area contributed by atoms with Crippen LogP contribution in [0.5, 0.6) is 0 Å². The van der Waals surface area contributed by atoms with Crippen molar-refractivity contribution in [1.29, 1.82) is 0 Å². The summed E-state index contributed by atoms with van der Waals surface area (Å²) in [5.41, 5.74) is 0.987. The van der Waals surface area contributed by atoms with Gasteiger partial charge < -0.3 is 4.43 Å². The van der Waals surface area contributed by atoms with E-state index in [0.29, 0.717) is 6.61 Å². The standard InChI is InChI=1S/C24H34BrNO3SSi/c1-9-21(25)19-26(30(27,28)23-16-14-20(3)15-17-23)22(10-2)13-11-12-18-29-31(7,8)24(4,5)6/h2,9,14-17,22H,13,18-19H2,1,3-8H3/b21-9-. The lowest BCUT2D eigenvalue weighted by molar-refractivity contribution is 0.334. The van der Waals surface area contributed by atoms with Crippen LogP contribution in [0.2, 0.25) is 18.1 Å². The molecule has 0 aliphatic carbocycles. The van der Waals surface area contributed by atoms with E-state index in [1.54, 1.807) is 24.3 Å². The molecule has 4 nitrogen and oxygen atoms in total. The first-order valence-electron chi connectivity index (χ1n) is 10.2. The van der Waals surface area contributed by atoms with Gasteiger partial charge in [-0.25, -0.2) is 8.42 Å². The Morgan fingerprint density at radius 3 is 2.32 bits per heavy atom. The summed E-state index contributed by atoms with van der Waals surface area (Å²) in [4.78, 5) is 0.212. The van der Waals surface area contributed by atoms with Crippen molar-refractivity contribution in [2.24, 2.45) is 0 Å². The molecule has 1 unspecified atom stereocenters. The van der Waals surface area contributed by atoms with E-state index in [4.69, 9.17) is 10.8 Å². The molecule has 31 heavy (non-hydrogen) atoms. The van der Waals surface area contributed by atoms with Crippen molar-refractivity contribution in [1.82, 2.24) is 4.31 Å². The number of nitrogens with zero attached hydrogens (tertiary/aromatic N) is 1. The number of rotatable bonds is 8. The van der Waals surface area contributed by atoms with E-state index < -0.39 is 24.4 Å². The minimum Gasteiger partial charge on any atom is -0.406 e. The van der Waals surface area contributed by atoms with Gasteiger partial charge in [0.25, 0.3) is 0 Å². The molecule has 1 atom stereocenters. The molecular weight excluding hydrogens is 490 g/mol. The second-order valence-corrected chi connectivity index (χ2v) is 16.6. The maximum absolute atomic E-state index is 13.3. The number of benzene rings is 1. The molecule has 0 saturated heterocycles. The molecule has 0 aliphatic rings. The van der Waals surface area contributed by atoms with Gasteiger partial charge in [0.05, 0.1) is 17.5 Å². The topological polar surface area (TPSA) is 46.6 Å². The minimum absolute atomic E-state index is 0.105. The molecule has 0 bridgehead atoms. The summed E-state index contributed by atoms with van der Waals surface area (Å²) in [7, 11) is -5.67. The molecule has 0 aromatic heterocycles. The van der Waals surface area contributed by atoms with Gasteiger partial charge in [0.1, 0.15) is 0 Å². The first kappa shape index (κ1) is 27.7. The maximum atomic E-state index is 13.3. The summed E-state index contributed by atoms with van der Waals surface area (Å²) < 4.78 is 34.8. The van der Waals surface area contributed by atoms with Crippen LogP contribution in [-0.2, 0) is 14.4 Å². The van der Waals surface area contributed by atoms with Gasteiger partial charge in [-0.2, -0.15) is 4.31 Å². The largest absolute Gasteiger partial charge is 0.406 e. The first-order valence-corrected chi connectivity index (χ1v) is 15.4. The SMILES string of the molecule is C#CC(CC#CCO[Si](C)(C)C(C)(C)C)N(C/C(Br)=C/C)S(=O)(=O)c1ccc(C)cc1. The molecule has 1 rings (SSSR count). The number of hydrogen-bond donors (Lipinski definition) is 0. The Morgan fingerprint density at radius 1 is 1.26 bits per heavy atom. The monoisotopic (exact) mass is 523 g/mol. The highest BCUT2D eigenvalue weighted by atomic mass is 79.9. The van der Waals surface area contributed by atoms with E-state index in [-0.39, 0.29) is 22.9 Å². The summed E-state index contributed by atoms with van der Waals surface area (Å²) in [6.45, 7) is 15.1. The predicted octanol–water partition coefficient (Wildman–Crippen LogP) is 5.70. The molecule has 0 spiro atoms. The highest BCUT2D eigenvalue weighted by molar-refractivity contribution is 9.11. The Labute approximate surface area is 198 Å². The fourth-order valence-corrected chi connectivity index (χ4v) is 5.18. The quantitative estimate of drug-likeness (QED) is 0.324. The van der Waals surface area contributed by atoms with E-state index in [9.17, 15) is 8.42 Å². The minimum atomic E-state index is -3.79. The summed E-state index contributed by atoms with van der Waals surface area (Å²) in [5, 5.41) is 0.105. The summed E-state index contributed by atoms with van der Waals surface area (Å²) >= 11 is 3.42. The number of halogens is 1. The summed E-state index contributed by atoms with van der Waals surface area (Å²) in [6, 6.07) is 6.07. The van der Waals surface area contributed by atoms with Gasteiger partial charge in [0.2, 0.25) is 10.0 Å². The number of hydrogen-bond acceptors (Lipinski definition) is 3. The molecule has 0 aliphatic heterocycles. The van der Waals surface area contributed by atoms with E-state index >= 15 is 0 Å². The third-order valence-corrected chi connectivity index (χ3v) is 12.6. The van der Waals surface area contributed by atoms with Crippen LogP contribution in [0.4, 0.5) is 0 Å². The lowest BCUT2D eigenvalue weighted by atomic mass is 10.2. The molecule has 0 fully saturated rings. The van der Waals surface area contributed by atoms with Gasteiger partial charge in [0, 0.05) is 17.4 Å². The average molecular weight is 525 g/mol. The summed E-state index contributed by atoms with van der Waals surface area (Å²) in [6.07, 6.45) is 7.79. The van der Waals surface area contributed by atoms with Crippen molar-refractivity contribution in [2.75, 3.05) is 13.2 Å². The van der Waals surface area contributed by atoms with E-state index in [1.165, 1.54) is 4.31 Å². The Morgan fingerprint density at radius 2 is 1.84 bits per heavy atom. The molecule has 0 heterocycles. The molecule has 0 amide bonds. The zero-order valence-electron chi connectivity index (χ0n) is 19.6. The molecule has 170 valence electrons. The van der Waals surface area contributed by atoms with Crippen molar-refractivity contribution >= 4 is 34.3 Å². The van der Waals surface area contributed by atoms with Crippen LogP contribution in [0.3, 0.4) is 0 Å². The fourth-order valence-electron chi connectivity index (χ4n) is 2.35. The number of sulfonamides is 1. The smallest absolute Gasteiger partial charge is 0.244 e. The normalized spacial score (nSPS) is 14.0. The van der Waals surface area contributed by atoms with Crippen molar-refractivity contribution in [3.63, 3.8) is 0 Å². The highest BCUT2D eigenvalue weighted by Crippen LogP contribution is 2.36. The number of allylic oxidation sites excluding steroid dienone is 1. The van der Waals surface area contributed by atoms with Crippen LogP contribution >= 0.6 is 15.9 Å². The third-order valence-electron chi connectivity index (χ3n) is 5.52. The molecule has 1 aromatic rings.